The van der Waals surface area contributed by atoms with E-state index in [-0.39, 0.29) is 44.0 Å². The Morgan fingerprint density at radius 3 is 2.35 bits per heavy atom. The van der Waals surface area contributed by atoms with Crippen molar-refractivity contribution in [1.82, 2.24) is 4.98 Å². The number of rotatable bonds is 2. The van der Waals surface area contributed by atoms with Crippen molar-refractivity contribution in [2.75, 3.05) is 0 Å². The number of benzene rings is 2. The molecule has 0 saturated heterocycles. The third-order valence-electron chi connectivity index (χ3n) is 4.87. The van der Waals surface area contributed by atoms with Gasteiger partial charge in [-0.15, -0.1) is 0 Å². The van der Waals surface area contributed by atoms with E-state index in [9.17, 15) is 0 Å². The Morgan fingerprint density at radius 1 is 0.923 bits per heavy atom. The number of H-pyrrole nitrogens is 1. The Balaban J connectivity index is 0.00000121. The summed E-state index contributed by atoms with van der Waals surface area (Å²) in [5.74, 6) is 0. The number of fused-ring (bicyclic) bond motifs is 2. The molecule has 0 spiro atoms. The molecule has 2 aromatic carbocycles. The van der Waals surface area contributed by atoms with Crippen LogP contribution in [0.3, 0.4) is 0 Å². The summed E-state index contributed by atoms with van der Waals surface area (Å²) in [7, 11) is -0.455. The van der Waals surface area contributed by atoms with Gasteiger partial charge in [-0.2, -0.15) is 0 Å². The molecule has 0 fully saturated rings. The molecule has 1 aliphatic carbocycles. The van der Waals surface area contributed by atoms with Gasteiger partial charge in [0.25, 0.3) is 0 Å². The first-order valence-corrected chi connectivity index (χ1v) is 12.5. The summed E-state index contributed by atoms with van der Waals surface area (Å²) in [6, 6.07) is 15.5. The molecule has 1 nitrogen and oxygen atoms in total. The Labute approximate surface area is 177 Å². The van der Waals surface area contributed by atoms with Gasteiger partial charge >= 0.3 is 154 Å². The maximum atomic E-state index is 3.74. The van der Waals surface area contributed by atoms with Crippen molar-refractivity contribution in [2.24, 2.45) is 0 Å². The van der Waals surface area contributed by atoms with E-state index in [0.717, 1.165) is 0 Å². The van der Waals surface area contributed by atoms with Crippen LogP contribution in [0.15, 0.2) is 42.5 Å². The van der Waals surface area contributed by atoms with Crippen LogP contribution in [-0.4, -0.2) is 18.6 Å². The topological polar surface area (TPSA) is 15.8 Å². The first-order chi connectivity index (χ1) is 11.6. The Kier molecular flexibility index (Phi) is 6.92. The molecule has 0 amide bonds. The average Bonchev–Trinajstić information content (AvgIpc) is 3.08. The molecule has 4 rings (SSSR count). The van der Waals surface area contributed by atoms with E-state index in [1.807, 2.05) is 0 Å². The minimum Gasteiger partial charge on any atom is -1.00 e. The van der Waals surface area contributed by atoms with Crippen molar-refractivity contribution in [1.29, 1.82) is 0 Å². The quantitative estimate of drug-likeness (QED) is 0.406. The van der Waals surface area contributed by atoms with E-state index in [1.54, 1.807) is 9.05 Å². The summed E-state index contributed by atoms with van der Waals surface area (Å²) in [5, 5.41) is 5.96. The minimum absolute atomic E-state index is 0. The summed E-state index contributed by atoms with van der Waals surface area (Å²) in [4.78, 5) is 3.74. The molecule has 0 bridgehead atoms. The first-order valence-electron chi connectivity index (χ1n) is 8.40. The zero-order valence-electron chi connectivity index (χ0n) is 15.4. The summed E-state index contributed by atoms with van der Waals surface area (Å²) >= 11 is -0.368. The molecule has 5 heteroatoms. The van der Waals surface area contributed by atoms with Crippen molar-refractivity contribution in [3.05, 3.63) is 64.0 Å². The van der Waals surface area contributed by atoms with Gasteiger partial charge in [-0.25, -0.2) is 0 Å². The predicted octanol–water partition coefficient (Wildman–Crippen LogP) is -3.39. The van der Waals surface area contributed by atoms with Gasteiger partial charge in [0.15, 0.2) is 0 Å². The largest absolute Gasteiger partial charge is 1.00 e. The van der Waals surface area contributed by atoms with Crippen molar-refractivity contribution in [3.63, 3.8) is 0 Å². The zero-order chi connectivity index (χ0) is 16.8. The van der Waals surface area contributed by atoms with Crippen molar-refractivity contribution in [3.8, 4) is 0 Å². The molecule has 1 aliphatic rings. The number of hydrogen-bond acceptors (Lipinski definition) is 0. The smallest absolute Gasteiger partial charge is 1.00 e. The van der Waals surface area contributed by atoms with Gasteiger partial charge < -0.3 is 24.8 Å². The fourth-order valence-corrected chi connectivity index (χ4v) is 8.21. The van der Waals surface area contributed by atoms with E-state index in [2.05, 4.69) is 80.5 Å². The molecule has 3 aromatic rings. The Hall–Kier alpha value is -0.899. The fourth-order valence-electron chi connectivity index (χ4n) is 3.63. The van der Waals surface area contributed by atoms with Crippen LogP contribution in [-0.2, 0) is 19.2 Å². The van der Waals surface area contributed by atoms with E-state index in [4.69, 9.17) is 0 Å². The van der Waals surface area contributed by atoms with Crippen LogP contribution in [0.2, 0.25) is 13.1 Å². The van der Waals surface area contributed by atoms with Gasteiger partial charge in [0.2, 0.25) is 0 Å². The minimum atomic E-state index is -0.455. The third-order valence-corrected chi connectivity index (χ3v) is 9.14. The molecule has 1 aromatic heterocycles. The number of halogens is 2. The average molecular weight is 434 g/mol. The normalized spacial score (nSPS) is 12.0. The second-order valence-corrected chi connectivity index (χ2v) is 11.3. The van der Waals surface area contributed by atoms with Gasteiger partial charge in [0, 0.05) is 0 Å². The van der Waals surface area contributed by atoms with E-state index in [1.165, 1.54) is 36.5 Å². The van der Waals surface area contributed by atoms with Gasteiger partial charge in [-0.3, -0.25) is 0 Å². The molecule has 1 heterocycles. The van der Waals surface area contributed by atoms with Crippen molar-refractivity contribution < 1.29 is 44.0 Å². The molecule has 0 atom stereocenters. The van der Waals surface area contributed by atoms with Crippen LogP contribution in [0.1, 0.15) is 11.1 Å². The molecule has 26 heavy (non-hydrogen) atoms. The van der Waals surface area contributed by atoms with Crippen LogP contribution < -0.4 is 39.3 Å². The van der Waals surface area contributed by atoms with Crippen LogP contribution in [0.25, 0.3) is 20.9 Å². The summed E-state index contributed by atoms with van der Waals surface area (Å²) in [6.07, 6.45) is 2.45. The van der Waals surface area contributed by atoms with Crippen LogP contribution in [0, 0.1) is 13.8 Å². The van der Waals surface area contributed by atoms with E-state index in [0.29, 0.717) is 0 Å². The number of aromatic nitrogens is 1. The number of nitrogens with one attached hydrogen (secondary N) is 1. The van der Waals surface area contributed by atoms with Crippen molar-refractivity contribution in [2.45, 2.75) is 26.9 Å². The second-order valence-electron chi connectivity index (χ2n) is 6.77. The predicted molar refractivity (Wildman–Crippen MR) is 103 cm³/mol. The fraction of sp³-hybridized carbons (Fsp3) is 0.190. The maximum absolute atomic E-state index is 3.74. The number of aromatic amines is 1. The molecule has 132 valence electrons. The molecule has 0 radical (unpaired) electrons. The third kappa shape index (κ3) is 3.59. The van der Waals surface area contributed by atoms with Crippen LogP contribution >= 0.6 is 0 Å². The second kappa shape index (κ2) is 8.41. The molecular weight excluding hydrogens is 413 g/mol. The van der Waals surface area contributed by atoms with Gasteiger partial charge in [0.05, 0.1) is 0 Å². The molecule has 0 unspecified atom stereocenters. The standard InChI is InChI=1S/C11H11Si.C10H10N.2ClH.Ti/c1-12(2)11-7-9-5-3-4-6-10(9)8-11;1-7-4-3-5-9-10(7)8(2)6-11-9;;;/h3-7H,1-2H3;3-5,11H,1-2H3;2*1H;/q;;;;+2/p-2. The van der Waals surface area contributed by atoms with Crippen LogP contribution in [0.4, 0.5) is 0 Å². The number of hydrogen-bond donors (Lipinski definition) is 1. The van der Waals surface area contributed by atoms with Crippen molar-refractivity contribution >= 4 is 38.4 Å². The van der Waals surface area contributed by atoms with E-state index >= 15 is 0 Å². The first kappa shape index (κ1) is 21.4. The zero-order valence-corrected chi connectivity index (χ0v) is 19.4. The summed E-state index contributed by atoms with van der Waals surface area (Å²) in [6.45, 7) is 9.34. The van der Waals surface area contributed by atoms with Crippen LogP contribution in [0.5, 0.6) is 0 Å². The molecular formula is C21H21Cl2NSiTi. The Bertz CT molecular complexity index is 1120. The Morgan fingerprint density at radius 2 is 1.65 bits per heavy atom. The molecule has 0 saturated carbocycles. The summed E-state index contributed by atoms with van der Waals surface area (Å²) in [5.41, 5.74) is 4.13. The van der Waals surface area contributed by atoms with Gasteiger partial charge in [-0.05, 0) is 0 Å². The van der Waals surface area contributed by atoms with E-state index < -0.39 is 8.41 Å². The SMILES string of the molecule is Cc1cccc2[nH][c]([Ti+2][C]3=c4ccccc4=CC3=[Si](C)C)c(C)c12.[Cl-].[Cl-]. The maximum Gasteiger partial charge on any atom is -1.00 e. The summed E-state index contributed by atoms with van der Waals surface area (Å²) < 4.78 is 3.14. The molecule has 0 aliphatic heterocycles. The van der Waals surface area contributed by atoms with Gasteiger partial charge in [0.1, 0.15) is 0 Å². The number of aryl methyl sites for hydroxylation is 2. The van der Waals surface area contributed by atoms with Gasteiger partial charge in [-0.1, -0.05) is 0 Å². The molecule has 1 N–H and O–H groups in total. The monoisotopic (exact) mass is 433 g/mol.